The van der Waals surface area contributed by atoms with Crippen LogP contribution in [0.15, 0.2) is 43.5 Å². The summed E-state index contributed by atoms with van der Waals surface area (Å²) < 4.78 is 17.6. The monoisotopic (exact) mass is 448 g/mol. The van der Waals surface area contributed by atoms with Crippen LogP contribution in [0.25, 0.3) is 22.9 Å². The Balaban J connectivity index is 1.75. The highest BCUT2D eigenvalue weighted by Gasteiger charge is 2.19. The number of aryl methyl sites for hydroxylation is 1. The Labute approximate surface area is 192 Å². The minimum atomic E-state index is -0.368. The normalized spacial score (nSPS) is 12.2. The summed E-state index contributed by atoms with van der Waals surface area (Å²) >= 11 is 0. The zero-order chi connectivity index (χ0) is 23.5. The van der Waals surface area contributed by atoms with E-state index >= 15 is 0 Å². The van der Waals surface area contributed by atoms with Gasteiger partial charge in [0.05, 0.1) is 18.0 Å². The number of nitrogens with two attached hydrogens (primary N) is 1. The molecule has 8 nitrogen and oxygen atoms in total. The standard InChI is InChI=1S/C24H29FN8/c1-5-16-12-30-33-22(26)21(17-6-7-32(4)14-17)23(31-24(16)33)29-11-18-9-19(25)13-28-20(18)8-15(2)10-27-3/h5-7,9,12-15,27H,1,8,10-11,26H2,2-4H3,(H,29,31). The third-order valence-electron chi connectivity index (χ3n) is 5.62. The lowest BCUT2D eigenvalue weighted by molar-refractivity contribution is 0.530. The summed E-state index contributed by atoms with van der Waals surface area (Å²) in [6.07, 6.45) is 9.29. The SMILES string of the molecule is C=Cc1cnn2c(N)c(-c3ccn(C)c3)c(NCc3cc(F)cnc3CC(C)CNC)nc12. The average molecular weight is 449 g/mol. The Hall–Kier alpha value is -3.72. The van der Waals surface area contributed by atoms with Crippen LogP contribution in [0.4, 0.5) is 16.0 Å². The third-order valence-corrected chi connectivity index (χ3v) is 5.62. The van der Waals surface area contributed by atoms with Crippen LogP contribution in [0.5, 0.6) is 0 Å². The molecule has 0 saturated carbocycles. The Bertz CT molecular complexity index is 1290. The molecule has 0 spiro atoms. The summed E-state index contributed by atoms with van der Waals surface area (Å²) in [6.45, 7) is 7.18. The van der Waals surface area contributed by atoms with Gasteiger partial charge >= 0.3 is 0 Å². The molecule has 4 heterocycles. The lowest BCUT2D eigenvalue weighted by Crippen LogP contribution is -2.19. The molecular weight excluding hydrogens is 419 g/mol. The zero-order valence-electron chi connectivity index (χ0n) is 19.1. The van der Waals surface area contributed by atoms with Gasteiger partial charge in [-0.15, -0.1) is 0 Å². The van der Waals surface area contributed by atoms with Crippen molar-refractivity contribution in [3.63, 3.8) is 0 Å². The van der Waals surface area contributed by atoms with E-state index in [4.69, 9.17) is 10.7 Å². The Kier molecular flexibility index (Phi) is 6.41. The molecule has 0 amide bonds. The van der Waals surface area contributed by atoms with Crippen molar-refractivity contribution in [1.29, 1.82) is 0 Å². The van der Waals surface area contributed by atoms with E-state index in [0.29, 0.717) is 29.7 Å². The highest BCUT2D eigenvalue weighted by atomic mass is 19.1. The van der Waals surface area contributed by atoms with E-state index in [2.05, 4.69) is 34.2 Å². The predicted octanol–water partition coefficient (Wildman–Crippen LogP) is 3.50. The molecular formula is C24H29FN8. The molecule has 0 aliphatic heterocycles. The molecule has 0 saturated heterocycles. The van der Waals surface area contributed by atoms with Crippen LogP contribution in [-0.4, -0.2) is 37.7 Å². The van der Waals surface area contributed by atoms with E-state index in [9.17, 15) is 4.39 Å². The molecule has 1 unspecified atom stereocenters. The summed E-state index contributed by atoms with van der Waals surface area (Å²) in [7, 11) is 3.86. The summed E-state index contributed by atoms with van der Waals surface area (Å²) in [4.78, 5) is 9.18. The maximum atomic E-state index is 14.1. The molecule has 0 aliphatic rings. The molecule has 9 heteroatoms. The summed E-state index contributed by atoms with van der Waals surface area (Å²) in [6, 6.07) is 3.50. The molecule has 172 valence electrons. The van der Waals surface area contributed by atoms with Gasteiger partial charge in [-0.1, -0.05) is 19.6 Å². The van der Waals surface area contributed by atoms with E-state index in [1.165, 1.54) is 12.3 Å². The van der Waals surface area contributed by atoms with Crippen molar-refractivity contribution in [3.8, 4) is 11.1 Å². The van der Waals surface area contributed by atoms with E-state index in [1.807, 2.05) is 37.1 Å². The fraction of sp³-hybridized carbons (Fsp3) is 0.292. The summed E-state index contributed by atoms with van der Waals surface area (Å²) in [5.74, 6) is 1.04. The molecule has 0 aliphatic carbocycles. The molecule has 4 aromatic rings. The van der Waals surface area contributed by atoms with Crippen molar-refractivity contribution >= 4 is 23.4 Å². The predicted molar refractivity (Wildman–Crippen MR) is 130 cm³/mol. The molecule has 0 aromatic carbocycles. The van der Waals surface area contributed by atoms with Gasteiger partial charge in [0.2, 0.25) is 0 Å². The van der Waals surface area contributed by atoms with E-state index in [-0.39, 0.29) is 5.82 Å². The molecule has 4 aromatic heterocycles. The maximum Gasteiger partial charge on any atom is 0.166 e. The van der Waals surface area contributed by atoms with Crippen LogP contribution in [0, 0.1) is 11.7 Å². The third kappa shape index (κ3) is 4.58. The number of anilines is 2. The smallest absolute Gasteiger partial charge is 0.166 e. The van der Waals surface area contributed by atoms with Gasteiger partial charge in [-0.25, -0.2) is 9.37 Å². The second kappa shape index (κ2) is 9.41. The number of fused-ring (bicyclic) bond motifs is 1. The van der Waals surface area contributed by atoms with Crippen LogP contribution in [0.1, 0.15) is 23.7 Å². The first-order valence-corrected chi connectivity index (χ1v) is 10.8. The van der Waals surface area contributed by atoms with Crippen molar-refractivity contribution in [3.05, 3.63) is 66.1 Å². The van der Waals surface area contributed by atoms with Gasteiger partial charge < -0.3 is 20.9 Å². The minimum Gasteiger partial charge on any atom is -0.383 e. The van der Waals surface area contributed by atoms with Crippen LogP contribution in [0.3, 0.4) is 0 Å². The molecule has 33 heavy (non-hydrogen) atoms. The van der Waals surface area contributed by atoms with Gasteiger partial charge in [-0.05, 0) is 43.6 Å². The molecule has 0 radical (unpaired) electrons. The maximum absolute atomic E-state index is 14.1. The topological polar surface area (TPSA) is 98.1 Å². The quantitative estimate of drug-likeness (QED) is 0.363. The van der Waals surface area contributed by atoms with Crippen molar-refractivity contribution in [1.82, 2.24) is 29.5 Å². The number of hydrogen-bond donors (Lipinski definition) is 3. The molecule has 4 rings (SSSR count). The number of halogens is 1. The van der Waals surface area contributed by atoms with Gasteiger partial charge in [0.25, 0.3) is 0 Å². The van der Waals surface area contributed by atoms with Crippen molar-refractivity contribution < 1.29 is 4.39 Å². The van der Waals surface area contributed by atoms with Crippen LogP contribution < -0.4 is 16.4 Å². The number of nitrogens with one attached hydrogen (secondary N) is 2. The number of rotatable bonds is 9. The first kappa shape index (κ1) is 22.5. The Morgan fingerprint density at radius 3 is 2.85 bits per heavy atom. The first-order valence-electron chi connectivity index (χ1n) is 10.8. The summed E-state index contributed by atoms with van der Waals surface area (Å²) in [5, 5.41) is 10.9. The van der Waals surface area contributed by atoms with E-state index in [0.717, 1.165) is 40.9 Å². The largest absolute Gasteiger partial charge is 0.383 e. The number of hydrogen-bond acceptors (Lipinski definition) is 6. The van der Waals surface area contributed by atoms with Gasteiger partial charge in [-0.2, -0.15) is 9.61 Å². The number of pyridine rings is 1. The van der Waals surface area contributed by atoms with E-state index in [1.54, 1.807) is 16.8 Å². The Morgan fingerprint density at radius 1 is 1.33 bits per heavy atom. The van der Waals surface area contributed by atoms with Crippen LogP contribution in [0.2, 0.25) is 0 Å². The van der Waals surface area contributed by atoms with Gasteiger partial charge in [0, 0.05) is 42.8 Å². The molecule has 4 N–H and O–H groups in total. The number of nitrogen functional groups attached to an aromatic ring is 1. The fourth-order valence-electron chi connectivity index (χ4n) is 4.02. The number of aromatic nitrogens is 5. The fourth-order valence-corrected chi connectivity index (χ4v) is 4.02. The van der Waals surface area contributed by atoms with Crippen LogP contribution in [-0.2, 0) is 20.0 Å². The van der Waals surface area contributed by atoms with E-state index < -0.39 is 0 Å². The second-order valence-electron chi connectivity index (χ2n) is 8.31. The van der Waals surface area contributed by atoms with Crippen LogP contribution >= 0.6 is 0 Å². The zero-order valence-corrected chi connectivity index (χ0v) is 19.1. The molecule has 1 atom stereocenters. The highest BCUT2D eigenvalue weighted by Crippen LogP contribution is 2.34. The Morgan fingerprint density at radius 2 is 2.15 bits per heavy atom. The first-order chi connectivity index (χ1) is 15.9. The van der Waals surface area contributed by atoms with Gasteiger partial charge in [0.1, 0.15) is 17.5 Å². The summed E-state index contributed by atoms with van der Waals surface area (Å²) in [5.41, 5.74) is 11.2. The van der Waals surface area contributed by atoms with Crippen molar-refractivity contribution in [2.75, 3.05) is 24.6 Å². The lowest BCUT2D eigenvalue weighted by atomic mass is 10.0. The minimum absolute atomic E-state index is 0.354. The van der Waals surface area contributed by atoms with Crippen molar-refractivity contribution in [2.45, 2.75) is 19.9 Å². The van der Waals surface area contributed by atoms with Crippen molar-refractivity contribution in [2.24, 2.45) is 13.0 Å². The highest BCUT2D eigenvalue weighted by molar-refractivity contribution is 5.86. The number of nitrogens with zero attached hydrogens (tertiary/aromatic N) is 5. The molecule has 0 fully saturated rings. The molecule has 0 bridgehead atoms. The second-order valence-corrected chi connectivity index (χ2v) is 8.31. The van der Waals surface area contributed by atoms with Gasteiger partial charge in [0.15, 0.2) is 5.65 Å². The van der Waals surface area contributed by atoms with Gasteiger partial charge in [-0.3, -0.25) is 4.98 Å². The lowest BCUT2D eigenvalue weighted by Gasteiger charge is -2.17. The average Bonchev–Trinajstić information content (AvgIpc) is 3.40.